The van der Waals surface area contributed by atoms with Gasteiger partial charge in [-0.3, -0.25) is 9.59 Å². The van der Waals surface area contributed by atoms with Crippen LogP contribution in [0.3, 0.4) is 0 Å². The fourth-order valence-electron chi connectivity index (χ4n) is 8.22. The van der Waals surface area contributed by atoms with Crippen molar-refractivity contribution < 1.29 is 9.59 Å². The normalized spacial score (nSPS) is 12.7. The molecular formula is C48H96N2O2. The van der Waals surface area contributed by atoms with Gasteiger partial charge in [-0.25, -0.2) is 0 Å². The Labute approximate surface area is 327 Å². The van der Waals surface area contributed by atoms with Crippen LogP contribution in [0.15, 0.2) is 0 Å². The molecule has 2 atom stereocenters. The van der Waals surface area contributed by atoms with Crippen LogP contribution in [-0.2, 0) is 9.59 Å². The first-order chi connectivity index (χ1) is 25.5. The largest absolute Gasteiger partial charge is 0.369 e. The standard InChI is InChI=1S/C48H96N2O2/c1-3-5-7-9-11-13-15-17-19-21-23-25-27-29-31-33-35-37-41-45(47(49)51)43-39-40-44-46(48(50)52)42-38-36-34-32-30-28-26-24-22-20-18-16-14-12-10-8-6-4-2/h45-46H,3-44H2,1-2H3,(H2,49,51)(H2,50,52). The number of carbonyl (C=O) groups excluding carboxylic acids is 2. The second-order valence-electron chi connectivity index (χ2n) is 17.1. The van der Waals surface area contributed by atoms with Crippen molar-refractivity contribution in [3.05, 3.63) is 0 Å². The molecule has 0 aromatic heterocycles. The zero-order valence-corrected chi connectivity index (χ0v) is 35.8. The second-order valence-corrected chi connectivity index (χ2v) is 17.1. The fourth-order valence-corrected chi connectivity index (χ4v) is 8.22. The monoisotopic (exact) mass is 733 g/mol. The van der Waals surface area contributed by atoms with Crippen molar-refractivity contribution in [1.82, 2.24) is 0 Å². The highest BCUT2D eigenvalue weighted by atomic mass is 16.1. The lowest BCUT2D eigenvalue weighted by Gasteiger charge is -2.15. The van der Waals surface area contributed by atoms with E-state index in [4.69, 9.17) is 11.5 Å². The molecule has 0 aliphatic heterocycles. The SMILES string of the molecule is CCCCCCCCCCCCCCCCCCCCC(CCCCC(CCCCCCCCCCCCCCCCCCCC)C(N)=O)C(N)=O. The van der Waals surface area contributed by atoms with Crippen molar-refractivity contribution in [2.75, 3.05) is 0 Å². The molecule has 0 aliphatic rings. The van der Waals surface area contributed by atoms with Crippen LogP contribution in [0.1, 0.15) is 284 Å². The summed E-state index contributed by atoms with van der Waals surface area (Å²) in [6.45, 7) is 4.58. The molecule has 310 valence electrons. The van der Waals surface area contributed by atoms with Gasteiger partial charge in [0.25, 0.3) is 0 Å². The minimum Gasteiger partial charge on any atom is -0.369 e. The number of hydrogen-bond donors (Lipinski definition) is 2. The van der Waals surface area contributed by atoms with Crippen LogP contribution >= 0.6 is 0 Å². The Morgan fingerprint density at radius 3 is 0.558 bits per heavy atom. The van der Waals surface area contributed by atoms with Gasteiger partial charge in [-0.1, -0.05) is 258 Å². The zero-order valence-electron chi connectivity index (χ0n) is 35.8. The molecule has 0 fully saturated rings. The quantitative estimate of drug-likeness (QED) is 0.0611. The summed E-state index contributed by atoms with van der Waals surface area (Å²) < 4.78 is 0. The van der Waals surface area contributed by atoms with E-state index in [0.29, 0.717) is 0 Å². The first kappa shape index (κ1) is 50.9. The lowest BCUT2D eigenvalue weighted by atomic mass is 9.90. The molecular weight excluding hydrogens is 637 g/mol. The van der Waals surface area contributed by atoms with Crippen LogP contribution in [0.25, 0.3) is 0 Å². The molecule has 4 heteroatoms. The lowest BCUT2D eigenvalue weighted by Crippen LogP contribution is -2.24. The molecule has 4 nitrogen and oxygen atoms in total. The number of hydrogen-bond acceptors (Lipinski definition) is 2. The smallest absolute Gasteiger partial charge is 0.220 e. The minimum atomic E-state index is -0.141. The Kier molecular flexibility index (Phi) is 41.8. The Morgan fingerprint density at radius 2 is 0.404 bits per heavy atom. The molecule has 0 spiro atoms. The fraction of sp³-hybridized carbons (Fsp3) is 0.958. The number of unbranched alkanes of at least 4 members (excludes halogenated alkanes) is 35. The van der Waals surface area contributed by atoms with Crippen molar-refractivity contribution in [2.24, 2.45) is 23.3 Å². The highest BCUT2D eigenvalue weighted by Gasteiger charge is 2.17. The van der Waals surface area contributed by atoms with E-state index >= 15 is 0 Å². The van der Waals surface area contributed by atoms with Crippen LogP contribution < -0.4 is 11.5 Å². The van der Waals surface area contributed by atoms with Gasteiger partial charge in [0.05, 0.1) is 0 Å². The Balaban J connectivity index is 3.63. The van der Waals surface area contributed by atoms with Gasteiger partial charge in [-0.15, -0.1) is 0 Å². The van der Waals surface area contributed by atoms with Crippen LogP contribution in [0.2, 0.25) is 0 Å². The zero-order chi connectivity index (χ0) is 38.0. The number of amides is 2. The average Bonchev–Trinajstić information content (AvgIpc) is 3.13. The third-order valence-electron chi connectivity index (χ3n) is 12.0. The van der Waals surface area contributed by atoms with Gasteiger partial charge < -0.3 is 11.5 Å². The molecule has 0 aromatic rings. The third kappa shape index (κ3) is 38.7. The summed E-state index contributed by atoms with van der Waals surface area (Å²) in [7, 11) is 0. The van der Waals surface area contributed by atoms with E-state index in [1.165, 1.54) is 218 Å². The van der Waals surface area contributed by atoms with Crippen molar-refractivity contribution in [3.8, 4) is 0 Å². The van der Waals surface area contributed by atoms with E-state index in [2.05, 4.69) is 13.8 Å². The molecule has 0 aliphatic carbocycles. The minimum absolute atomic E-state index is 0.0111. The molecule has 52 heavy (non-hydrogen) atoms. The number of primary amides is 2. The van der Waals surface area contributed by atoms with E-state index < -0.39 is 0 Å². The first-order valence-corrected chi connectivity index (χ1v) is 24.1. The van der Waals surface area contributed by atoms with E-state index in [-0.39, 0.29) is 23.7 Å². The van der Waals surface area contributed by atoms with Crippen LogP contribution in [-0.4, -0.2) is 11.8 Å². The molecule has 0 saturated heterocycles. The third-order valence-corrected chi connectivity index (χ3v) is 12.0. The van der Waals surface area contributed by atoms with Crippen LogP contribution in [0.5, 0.6) is 0 Å². The predicted octanol–water partition coefficient (Wildman–Crippen LogP) is 15.6. The molecule has 0 rings (SSSR count). The van der Waals surface area contributed by atoms with E-state index in [9.17, 15) is 9.59 Å². The molecule has 2 unspecified atom stereocenters. The highest BCUT2D eigenvalue weighted by molar-refractivity contribution is 5.77. The second kappa shape index (κ2) is 42.7. The molecule has 2 amide bonds. The maximum atomic E-state index is 12.1. The number of rotatable bonds is 45. The summed E-state index contributed by atoms with van der Waals surface area (Å²) in [6, 6.07) is 0. The molecule has 0 bridgehead atoms. The van der Waals surface area contributed by atoms with Crippen molar-refractivity contribution in [3.63, 3.8) is 0 Å². The number of nitrogens with two attached hydrogens (primary N) is 2. The van der Waals surface area contributed by atoms with Crippen molar-refractivity contribution in [1.29, 1.82) is 0 Å². The molecule has 0 saturated carbocycles. The maximum absolute atomic E-state index is 12.1. The van der Waals surface area contributed by atoms with Crippen molar-refractivity contribution in [2.45, 2.75) is 284 Å². The molecule has 0 radical (unpaired) electrons. The molecule has 4 N–H and O–H groups in total. The predicted molar refractivity (Wildman–Crippen MR) is 231 cm³/mol. The van der Waals surface area contributed by atoms with Crippen molar-refractivity contribution >= 4 is 11.8 Å². The Morgan fingerprint density at radius 1 is 0.269 bits per heavy atom. The molecule has 0 aromatic carbocycles. The van der Waals surface area contributed by atoms with E-state index in [1.54, 1.807) is 0 Å². The number of carbonyl (C=O) groups is 2. The van der Waals surface area contributed by atoms with E-state index in [0.717, 1.165) is 51.4 Å². The van der Waals surface area contributed by atoms with Gasteiger partial charge in [0.1, 0.15) is 0 Å². The van der Waals surface area contributed by atoms with Gasteiger partial charge in [-0.05, 0) is 25.7 Å². The topological polar surface area (TPSA) is 86.2 Å². The summed E-state index contributed by atoms with van der Waals surface area (Å²) in [4.78, 5) is 24.2. The molecule has 0 heterocycles. The average molecular weight is 733 g/mol. The summed E-state index contributed by atoms with van der Waals surface area (Å²) in [5.74, 6) is -0.305. The summed E-state index contributed by atoms with van der Waals surface area (Å²) in [5, 5.41) is 0. The summed E-state index contributed by atoms with van der Waals surface area (Å²) in [6.07, 6.45) is 55.0. The highest BCUT2D eigenvalue weighted by Crippen LogP contribution is 2.23. The van der Waals surface area contributed by atoms with Crippen LogP contribution in [0.4, 0.5) is 0 Å². The maximum Gasteiger partial charge on any atom is 0.220 e. The van der Waals surface area contributed by atoms with Gasteiger partial charge in [0, 0.05) is 11.8 Å². The van der Waals surface area contributed by atoms with Gasteiger partial charge in [0.15, 0.2) is 0 Å². The van der Waals surface area contributed by atoms with E-state index in [1.807, 2.05) is 0 Å². The van der Waals surface area contributed by atoms with Gasteiger partial charge in [0.2, 0.25) is 11.8 Å². The lowest BCUT2D eigenvalue weighted by molar-refractivity contribution is -0.123. The van der Waals surface area contributed by atoms with Gasteiger partial charge >= 0.3 is 0 Å². The summed E-state index contributed by atoms with van der Waals surface area (Å²) >= 11 is 0. The van der Waals surface area contributed by atoms with Crippen LogP contribution in [0, 0.1) is 11.8 Å². The summed E-state index contributed by atoms with van der Waals surface area (Å²) in [5.41, 5.74) is 11.5. The Hall–Kier alpha value is -1.06. The Bertz CT molecular complexity index is 665. The van der Waals surface area contributed by atoms with Gasteiger partial charge in [-0.2, -0.15) is 0 Å². The first-order valence-electron chi connectivity index (χ1n) is 24.1.